The van der Waals surface area contributed by atoms with Crippen LogP contribution in [-0.2, 0) is 4.79 Å². The predicted molar refractivity (Wildman–Crippen MR) is 57.4 cm³/mol. The summed E-state index contributed by atoms with van der Waals surface area (Å²) in [6, 6.07) is -0.216. The Morgan fingerprint density at radius 2 is 2.31 bits per heavy atom. The number of thiazole rings is 1. The van der Waals surface area contributed by atoms with Gasteiger partial charge in [-0.25, -0.2) is 4.98 Å². The Labute approximate surface area is 83.3 Å². The van der Waals surface area contributed by atoms with Gasteiger partial charge in [-0.05, 0) is 0 Å². The van der Waals surface area contributed by atoms with Crippen LogP contribution in [0.15, 0.2) is 11.6 Å². The lowest BCUT2D eigenvalue weighted by Gasteiger charge is -2.21. The third-order valence-electron chi connectivity index (χ3n) is 1.44. The van der Waals surface area contributed by atoms with E-state index in [0.29, 0.717) is 0 Å². The quantitative estimate of drug-likeness (QED) is 0.614. The van der Waals surface area contributed by atoms with E-state index in [1.807, 2.05) is 5.38 Å². The van der Waals surface area contributed by atoms with Crippen LogP contribution >= 0.6 is 11.3 Å². The third kappa shape index (κ3) is 3.37. The second-order valence-corrected chi connectivity index (χ2v) is 9.59. The van der Waals surface area contributed by atoms with E-state index < -0.39 is 8.24 Å². The van der Waals surface area contributed by atoms with E-state index in [0.717, 1.165) is 11.3 Å². The van der Waals surface area contributed by atoms with Crippen LogP contribution in [-0.4, -0.2) is 19.5 Å². The first-order chi connectivity index (χ1) is 6.03. The van der Waals surface area contributed by atoms with Gasteiger partial charge in [-0.1, -0.05) is 19.6 Å². The molecule has 13 heavy (non-hydrogen) atoms. The highest BCUT2D eigenvalue weighted by Gasteiger charge is 2.21. The van der Waals surface area contributed by atoms with E-state index >= 15 is 0 Å². The molecular weight excluding hydrogens is 200 g/mol. The zero-order chi connectivity index (χ0) is 9.90. The molecule has 0 saturated carbocycles. The molecule has 1 aromatic rings. The molecule has 0 fully saturated rings. The van der Waals surface area contributed by atoms with Gasteiger partial charge in [-0.2, -0.15) is 0 Å². The number of hydrogen-bond donors (Lipinski definition) is 1. The molecule has 5 heteroatoms. The molecule has 0 spiro atoms. The summed E-state index contributed by atoms with van der Waals surface area (Å²) in [6.45, 7) is 6.49. The van der Waals surface area contributed by atoms with E-state index in [1.165, 1.54) is 11.3 Å². The van der Waals surface area contributed by atoms with Crippen molar-refractivity contribution in [3.8, 4) is 0 Å². The Morgan fingerprint density at radius 1 is 1.62 bits per heavy atom. The van der Waals surface area contributed by atoms with E-state index in [4.69, 9.17) is 0 Å². The Morgan fingerprint density at radius 3 is 2.69 bits per heavy atom. The van der Waals surface area contributed by atoms with Gasteiger partial charge in [0.15, 0.2) is 0 Å². The minimum atomic E-state index is -1.41. The molecule has 0 aliphatic heterocycles. The average Bonchev–Trinajstić information content (AvgIpc) is 2.50. The van der Waals surface area contributed by atoms with Gasteiger partial charge in [-0.3, -0.25) is 0 Å². The monoisotopic (exact) mass is 214 g/mol. The number of nitrogens with zero attached hydrogens (tertiary/aromatic N) is 1. The largest absolute Gasteiger partial charge is 0.323 e. The van der Waals surface area contributed by atoms with Gasteiger partial charge in [-0.15, -0.1) is 11.3 Å². The van der Waals surface area contributed by atoms with Crippen LogP contribution in [0, 0.1) is 0 Å². The van der Waals surface area contributed by atoms with Crippen molar-refractivity contribution >= 4 is 25.9 Å². The number of rotatable bonds is 4. The normalized spacial score (nSPS) is 14.1. The molecule has 1 rings (SSSR count). The van der Waals surface area contributed by atoms with E-state index in [1.54, 1.807) is 6.20 Å². The smallest absolute Gasteiger partial charge is 0.143 e. The Bertz CT molecular complexity index is 268. The molecule has 1 unspecified atom stereocenters. The Hall–Kier alpha value is -0.523. The highest BCUT2D eigenvalue weighted by atomic mass is 32.1. The summed E-state index contributed by atoms with van der Waals surface area (Å²) in [5.74, 6) is 0. The number of hydrogen-bond acceptors (Lipinski definition) is 4. The molecule has 1 heterocycles. The van der Waals surface area contributed by atoms with Gasteiger partial charge in [0.1, 0.15) is 25.6 Å². The molecule has 1 atom stereocenters. The van der Waals surface area contributed by atoms with Gasteiger partial charge >= 0.3 is 0 Å². The first-order valence-electron chi connectivity index (χ1n) is 4.15. The van der Waals surface area contributed by atoms with Crippen LogP contribution < -0.4 is 4.98 Å². The molecule has 0 aliphatic rings. The zero-order valence-electron chi connectivity index (χ0n) is 8.07. The first-order valence-corrected chi connectivity index (χ1v) is 8.53. The van der Waals surface area contributed by atoms with E-state index in [2.05, 4.69) is 29.6 Å². The van der Waals surface area contributed by atoms with Gasteiger partial charge in [0.2, 0.25) is 0 Å². The molecule has 1 N–H and O–H groups in total. The van der Waals surface area contributed by atoms with Gasteiger partial charge in [0.05, 0.1) is 0 Å². The fraction of sp³-hybridized carbons (Fsp3) is 0.500. The highest BCUT2D eigenvalue weighted by Crippen LogP contribution is 2.15. The van der Waals surface area contributed by atoms with Crippen molar-refractivity contribution in [3.05, 3.63) is 16.6 Å². The maximum atomic E-state index is 10.8. The maximum absolute atomic E-state index is 10.8. The summed E-state index contributed by atoms with van der Waals surface area (Å²) in [4.78, 5) is 18.3. The van der Waals surface area contributed by atoms with Crippen molar-refractivity contribution < 1.29 is 4.79 Å². The number of carbonyl (C=O) groups is 1. The SMILES string of the molecule is C[Si](C)(C)NC(C=O)c1nccs1. The van der Waals surface area contributed by atoms with Gasteiger partial charge in [0.25, 0.3) is 0 Å². The molecule has 0 aliphatic carbocycles. The lowest BCUT2D eigenvalue weighted by molar-refractivity contribution is -0.109. The zero-order valence-corrected chi connectivity index (χ0v) is 9.89. The number of nitrogens with one attached hydrogen (secondary N) is 1. The summed E-state index contributed by atoms with van der Waals surface area (Å²) >= 11 is 1.51. The highest BCUT2D eigenvalue weighted by molar-refractivity contribution is 7.09. The van der Waals surface area contributed by atoms with Crippen molar-refractivity contribution in [2.75, 3.05) is 0 Å². The number of aldehydes is 1. The fourth-order valence-electron chi connectivity index (χ4n) is 1.01. The average molecular weight is 214 g/mol. The topological polar surface area (TPSA) is 42.0 Å². The van der Waals surface area contributed by atoms with Crippen LogP contribution in [0.1, 0.15) is 11.0 Å². The van der Waals surface area contributed by atoms with Crippen LogP contribution in [0.2, 0.25) is 19.6 Å². The van der Waals surface area contributed by atoms with Crippen LogP contribution in [0.25, 0.3) is 0 Å². The van der Waals surface area contributed by atoms with Crippen molar-refractivity contribution in [2.45, 2.75) is 25.7 Å². The first kappa shape index (κ1) is 10.6. The van der Waals surface area contributed by atoms with Crippen molar-refractivity contribution in [1.82, 2.24) is 9.97 Å². The van der Waals surface area contributed by atoms with Crippen molar-refractivity contribution in [3.63, 3.8) is 0 Å². The summed E-state index contributed by atoms with van der Waals surface area (Å²) in [6.07, 6.45) is 2.65. The maximum Gasteiger partial charge on any atom is 0.143 e. The molecule has 0 aromatic carbocycles. The number of aromatic nitrogens is 1. The summed E-state index contributed by atoms with van der Waals surface area (Å²) in [5.41, 5.74) is 0. The minimum Gasteiger partial charge on any atom is -0.323 e. The second kappa shape index (κ2) is 4.12. The minimum absolute atomic E-state index is 0.216. The fourth-order valence-corrected chi connectivity index (χ4v) is 2.89. The lowest BCUT2D eigenvalue weighted by atomic mass is 10.4. The van der Waals surface area contributed by atoms with Crippen molar-refractivity contribution in [2.24, 2.45) is 0 Å². The molecule has 1 aromatic heterocycles. The Balaban J connectivity index is 2.70. The third-order valence-corrected chi connectivity index (χ3v) is 3.48. The van der Waals surface area contributed by atoms with E-state index in [-0.39, 0.29) is 6.04 Å². The molecule has 3 nitrogen and oxygen atoms in total. The predicted octanol–water partition coefficient (Wildman–Crippen LogP) is 1.81. The summed E-state index contributed by atoms with van der Waals surface area (Å²) < 4.78 is 0. The molecule has 0 amide bonds. The molecular formula is C8H14N2OSSi. The summed E-state index contributed by atoms with van der Waals surface area (Å²) in [5, 5.41) is 2.75. The van der Waals surface area contributed by atoms with Crippen LogP contribution in [0.4, 0.5) is 0 Å². The summed E-state index contributed by atoms with van der Waals surface area (Å²) in [7, 11) is -1.41. The van der Waals surface area contributed by atoms with Crippen molar-refractivity contribution in [1.29, 1.82) is 0 Å². The molecule has 72 valence electrons. The van der Waals surface area contributed by atoms with Gasteiger partial charge < -0.3 is 9.78 Å². The van der Waals surface area contributed by atoms with Crippen LogP contribution in [0.3, 0.4) is 0 Å². The van der Waals surface area contributed by atoms with Gasteiger partial charge in [0, 0.05) is 11.6 Å². The molecule has 0 radical (unpaired) electrons. The standard InChI is InChI=1S/C8H14N2OSSi/c1-13(2,3)10-7(6-11)8-9-4-5-12-8/h4-7,10H,1-3H3. The van der Waals surface area contributed by atoms with E-state index in [9.17, 15) is 4.79 Å². The lowest BCUT2D eigenvalue weighted by Crippen LogP contribution is -2.44. The van der Waals surface area contributed by atoms with Crippen LogP contribution in [0.5, 0.6) is 0 Å². The molecule has 0 bridgehead atoms. The molecule has 0 saturated heterocycles. The Kier molecular flexibility index (Phi) is 3.35. The second-order valence-electron chi connectivity index (χ2n) is 3.88. The number of carbonyl (C=O) groups excluding carboxylic acids is 1.